The monoisotopic (exact) mass is 460 g/mol. The molecule has 1 aliphatic rings. The van der Waals surface area contributed by atoms with Gasteiger partial charge in [0.1, 0.15) is 22.8 Å². The topological polar surface area (TPSA) is 93.4 Å². The largest absolute Gasteiger partial charge is 0.497 e. The maximum atomic E-state index is 12.9. The molecule has 0 spiro atoms. The molecule has 3 aromatic carbocycles. The minimum Gasteiger partial charge on any atom is -0.497 e. The lowest BCUT2D eigenvalue weighted by Crippen LogP contribution is -2.09. The van der Waals surface area contributed by atoms with Gasteiger partial charge in [-0.15, -0.1) is 0 Å². The molecule has 5 rings (SSSR count). The molecule has 8 nitrogen and oxygen atoms in total. The van der Waals surface area contributed by atoms with Crippen molar-refractivity contribution >= 4 is 16.9 Å². The molecule has 34 heavy (non-hydrogen) atoms. The number of fused-ring (bicyclic) bond motifs is 2. The van der Waals surface area contributed by atoms with Crippen LogP contribution in [0.15, 0.2) is 63.8 Å². The van der Waals surface area contributed by atoms with Gasteiger partial charge in [0.25, 0.3) is 0 Å². The number of rotatable bonds is 5. The highest BCUT2D eigenvalue weighted by molar-refractivity contribution is 5.93. The summed E-state index contributed by atoms with van der Waals surface area (Å²) < 4.78 is 32.5. The van der Waals surface area contributed by atoms with Crippen LogP contribution in [0.4, 0.5) is 0 Å². The smallest absolute Gasteiger partial charge is 0.344 e. The van der Waals surface area contributed by atoms with Gasteiger partial charge in [0.2, 0.25) is 6.79 Å². The predicted molar refractivity (Wildman–Crippen MR) is 123 cm³/mol. The number of hydrogen-bond donors (Lipinski definition) is 0. The Balaban J connectivity index is 1.55. The van der Waals surface area contributed by atoms with Crippen molar-refractivity contribution in [3.63, 3.8) is 0 Å². The fourth-order valence-electron chi connectivity index (χ4n) is 3.90. The van der Waals surface area contributed by atoms with Gasteiger partial charge in [-0.05, 0) is 67.1 Å². The lowest BCUT2D eigenvalue weighted by molar-refractivity contribution is 0.0734. The zero-order chi connectivity index (χ0) is 23.8. The Morgan fingerprint density at radius 2 is 1.68 bits per heavy atom. The molecule has 0 N–H and O–H groups in total. The van der Waals surface area contributed by atoms with Gasteiger partial charge in [0.15, 0.2) is 11.5 Å². The van der Waals surface area contributed by atoms with Crippen LogP contribution in [-0.4, -0.2) is 27.0 Å². The second kappa shape index (κ2) is 8.47. The second-order valence-electron chi connectivity index (χ2n) is 7.57. The van der Waals surface area contributed by atoms with Crippen LogP contribution in [-0.2, 0) is 0 Å². The lowest BCUT2D eigenvalue weighted by Gasteiger charge is -2.13. The molecular formula is C26H20O8. The summed E-state index contributed by atoms with van der Waals surface area (Å²) >= 11 is 0. The number of benzene rings is 3. The third kappa shape index (κ3) is 3.69. The molecule has 0 fully saturated rings. The van der Waals surface area contributed by atoms with E-state index in [0.717, 1.165) is 0 Å². The average molecular weight is 460 g/mol. The summed E-state index contributed by atoms with van der Waals surface area (Å²) in [5, 5.41) is 0.621. The van der Waals surface area contributed by atoms with Gasteiger partial charge >= 0.3 is 11.6 Å². The molecule has 1 aromatic heterocycles. The van der Waals surface area contributed by atoms with Gasteiger partial charge in [-0.1, -0.05) is 0 Å². The van der Waals surface area contributed by atoms with Crippen LogP contribution in [0.25, 0.3) is 22.1 Å². The third-order valence-electron chi connectivity index (χ3n) is 5.63. The Labute approximate surface area is 194 Å². The van der Waals surface area contributed by atoms with Crippen molar-refractivity contribution in [2.75, 3.05) is 21.0 Å². The van der Waals surface area contributed by atoms with E-state index in [1.165, 1.54) is 7.11 Å². The first-order valence-electron chi connectivity index (χ1n) is 10.4. The molecule has 0 unspecified atom stereocenters. The van der Waals surface area contributed by atoms with Gasteiger partial charge in [-0.25, -0.2) is 9.59 Å². The van der Waals surface area contributed by atoms with E-state index in [2.05, 4.69) is 0 Å². The Morgan fingerprint density at radius 3 is 2.47 bits per heavy atom. The van der Waals surface area contributed by atoms with E-state index in [0.29, 0.717) is 62.0 Å². The van der Waals surface area contributed by atoms with E-state index in [1.807, 2.05) is 0 Å². The molecule has 0 saturated carbocycles. The SMILES string of the molecule is COc1ccc(OC)c(-c2c(C)c3cc(OC(=O)c4ccc5c(c4)OCO5)ccc3oc2=O)c1. The van der Waals surface area contributed by atoms with E-state index in [9.17, 15) is 9.59 Å². The van der Waals surface area contributed by atoms with Crippen LogP contribution in [0.1, 0.15) is 15.9 Å². The van der Waals surface area contributed by atoms with Gasteiger partial charge in [-0.2, -0.15) is 0 Å². The summed E-state index contributed by atoms with van der Waals surface area (Å²) in [4.78, 5) is 25.6. The van der Waals surface area contributed by atoms with Crippen molar-refractivity contribution < 1.29 is 32.9 Å². The van der Waals surface area contributed by atoms with E-state index < -0.39 is 11.6 Å². The lowest BCUT2D eigenvalue weighted by atomic mass is 9.98. The molecule has 172 valence electrons. The van der Waals surface area contributed by atoms with E-state index in [1.54, 1.807) is 68.6 Å². The minimum atomic E-state index is -0.553. The number of ether oxygens (including phenoxy) is 5. The summed E-state index contributed by atoms with van der Waals surface area (Å²) in [6, 6.07) is 14.8. The molecule has 8 heteroatoms. The second-order valence-corrected chi connectivity index (χ2v) is 7.57. The Bertz CT molecular complexity index is 1480. The maximum Gasteiger partial charge on any atom is 0.344 e. The summed E-state index contributed by atoms with van der Waals surface area (Å²) in [6.45, 7) is 1.92. The first-order chi connectivity index (χ1) is 16.5. The van der Waals surface area contributed by atoms with Crippen molar-refractivity contribution in [3.8, 4) is 39.9 Å². The van der Waals surface area contributed by atoms with Crippen molar-refractivity contribution in [2.24, 2.45) is 0 Å². The summed E-state index contributed by atoms with van der Waals surface area (Å²) in [5.74, 6) is 1.89. The highest BCUT2D eigenvalue weighted by Crippen LogP contribution is 2.37. The van der Waals surface area contributed by atoms with E-state index >= 15 is 0 Å². The first kappa shape index (κ1) is 21.4. The number of esters is 1. The quantitative estimate of drug-likeness (QED) is 0.240. The zero-order valence-corrected chi connectivity index (χ0v) is 18.7. The van der Waals surface area contributed by atoms with Crippen molar-refractivity contribution in [3.05, 3.63) is 76.1 Å². The Kier molecular flexibility index (Phi) is 5.33. The standard InChI is InChI=1S/C26H20O8/c1-14-18-12-17(33-25(27)15-4-7-22-23(10-15)32-13-31-22)6-9-21(18)34-26(28)24(14)19-11-16(29-2)5-8-20(19)30-3/h4-12H,13H2,1-3H3. The molecule has 0 atom stereocenters. The molecule has 1 aliphatic heterocycles. The summed E-state index contributed by atoms with van der Waals surface area (Å²) in [5.41, 5.74) is 1.71. The van der Waals surface area contributed by atoms with Crippen LogP contribution < -0.4 is 29.3 Å². The van der Waals surface area contributed by atoms with E-state index in [4.69, 9.17) is 28.1 Å². The number of methoxy groups -OCH3 is 2. The average Bonchev–Trinajstić information content (AvgIpc) is 3.32. The molecule has 2 heterocycles. The number of carbonyl (C=O) groups excluding carboxylic acids is 1. The molecule has 0 bridgehead atoms. The molecule has 4 aromatic rings. The molecule has 0 radical (unpaired) electrons. The van der Waals surface area contributed by atoms with Crippen LogP contribution in [0, 0.1) is 6.92 Å². The van der Waals surface area contributed by atoms with Crippen LogP contribution in [0.2, 0.25) is 0 Å². The normalized spacial score (nSPS) is 12.0. The Hall–Kier alpha value is -4.46. The number of hydrogen-bond acceptors (Lipinski definition) is 8. The molecule has 0 amide bonds. The fraction of sp³-hybridized carbons (Fsp3) is 0.154. The maximum absolute atomic E-state index is 12.9. The highest BCUT2D eigenvalue weighted by atomic mass is 16.7. The van der Waals surface area contributed by atoms with Crippen LogP contribution >= 0.6 is 0 Å². The highest BCUT2D eigenvalue weighted by Gasteiger charge is 2.20. The molecule has 0 aliphatic carbocycles. The number of carbonyl (C=O) groups is 1. The van der Waals surface area contributed by atoms with E-state index in [-0.39, 0.29) is 6.79 Å². The van der Waals surface area contributed by atoms with Crippen molar-refractivity contribution in [1.29, 1.82) is 0 Å². The third-order valence-corrected chi connectivity index (χ3v) is 5.63. The molecular weight excluding hydrogens is 440 g/mol. The number of aryl methyl sites for hydroxylation is 1. The Morgan fingerprint density at radius 1 is 0.882 bits per heavy atom. The summed E-state index contributed by atoms with van der Waals surface area (Å²) in [7, 11) is 3.07. The van der Waals surface area contributed by atoms with Gasteiger partial charge in [0.05, 0.1) is 25.3 Å². The fourth-order valence-corrected chi connectivity index (χ4v) is 3.90. The molecule has 0 saturated heterocycles. The summed E-state index contributed by atoms with van der Waals surface area (Å²) in [6.07, 6.45) is 0. The van der Waals surface area contributed by atoms with Gasteiger partial charge in [0, 0.05) is 10.9 Å². The van der Waals surface area contributed by atoms with Crippen molar-refractivity contribution in [2.45, 2.75) is 6.92 Å². The van der Waals surface area contributed by atoms with Crippen LogP contribution in [0.5, 0.6) is 28.7 Å². The zero-order valence-electron chi connectivity index (χ0n) is 18.7. The van der Waals surface area contributed by atoms with Crippen LogP contribution in [0.3, 0.4) is 0 Å². The van der Waals surface area contributed by atoms with Gasteiger partial charge < -0.3 is 28.1 Å². The van der Waals surface area contributed by atoms with Crippen molar-refractivity contribution in [1.82, 2.24) is 0 Å². The first-order valence-corrected chi connectivity index (χ1v) is 10.4. The predicted octanol–water partition coefficient (Wildman–Crippen LogP) is 4.73. The minimum absolute atomic E-state index is 0.114. The van der Waals surface area contributed by atoms with Gasteiger partial charge in [-0.3, -0.25) is 0 Å².